The Balaban J connectivity index is 2.43. The van der Waals surface area contributed by atoms with Crippen LogP contribution in [0.4, 0.5) is 0 Å². The highest BCUT2D eigenvalue weighted by Gasteiger charge is 2.21. The lowest BCUT2D eigenvalue weighted by atomic mass is 10.1. The van der Waals surface area contributed by atoms with E-state index in [0.717, 1.165) is 12.3 Å². The van der Waals surface area contributed by atoms with Gasteiger partial charge in [-0.05, 0) is 19.1 Å². The number of carboxylic acid groups (broad SMARTS) is 1. The van der Waals surface area contributed by atoms with Crippen molar-refractivity contribution in [2.24, 2.45) is 5.92 Å². The monoisotopic (exact) mass is 217 g/mol. The molecule has 0 aromatic carbocycles. The highest BCUT2D eigenvalue weighted by Crippen LogP contribution is 2.17. The van der Waals surface area contributed by atoms with E-state index in [1.807, 2.05) is 11.8 Å². The van der Waals surface area contributed by atoms with E-state index in [0.29, 0.717) is 12.6 Å². The molecule has 82 valence electrons. The molecule has 1 rings (SSSR count). The summed E-state index contributed by atoms with van der Waals surface area (Å²) in [5, 5.41) is 8.84. The van der Waals surface area contributed by atoms with Gasteiger partial charge in [-0.1, -0.05) is 6.92 Å². The summed E-state index contributed by atoms with van der Waals surface area (Å²) in [7, 11) is 0. The van der Waals surface area contributed by atoms with Crippen LogP contribution < -0.4 is 0 Å². The second kappa shape index (κ2) is 5.61. The summed E-state index contributed by atoms with van der Waals surface area (Å²) in [4.78, 5) is 13.0. The third-order valence-electron chi connectivity index (χ3n) is 2.76. The van der Waals surface area contributed by atoms with Crippen molar-refractivity contribution in [1.82, 2.24) is 4.90 Å². The number of carbonyl (C=O) groups is 1. The van der Waals surface area contributed by atoms with Crippen molar-refractivity contribution in [3.05, 3.63) is 0 Å². The normalized spacial score (nSPS) is 26.9. The fourth-order valence-electron chi connectivity index (χ4n) is 1.64. The third kappa shape index (κ3) is 3.50. The summed E-state index contributed by atoms with van der Waals surface area (Å²) >= 11 is 1.97. The maximum Gasteiger partial charge on any atom is 0.307 e. The first-order valence-corrected chi connectivity index (χ1v) is 6.31. The Labute approximate surface area is 89.9 Å². The Morgan fingerprint density at radius 2 is 2.36 bits per heavy atom. The molecule has 0 aromatic heterocycles. The highest BCUT2D eigenvalue weighted by atomic mass is 32.2. The Bertz CT molecular complexity index is 199. The van der Waals surface area contributed by atoms with Crippen molar-refractivity contribution in [2.45, 2.75) is 26.3 Å². The lowest BCUT2D eigenvalue weighted by Crippen LogP contribution is -2.38. The van der Waals surface area contributed by atoms with Gasteiger partial charge < -0.3 is 5.11 Å². The minimum Gasteiger partial charge on any atom is -0.481 e. The molecule has 4 heteroatoms. The first-order chi connectivity index (χ1) is 6.61. The maximum absolute atomic E-state index is 10.7. The lowest BCUT2D eigenvalue weighted by molar-refractivity contribution is -0.141. The first-order valence-electron chi connectivity index (χ1n) is 5.16. The van der Waals surface area contributed by atoms with Gasteiger partial charge in [0.05, 0.1) is 5.92 Å². The zero-order valence-electron chi connectivity index (χ0n) is 8.90. The van der Waals surface area contributed by atoms with Crippen molar-refractivity contribution in [3.63, 3.8) is 0 Å². The number of carboxylic acids is 1. The van der Waals surface area contributed by atoms with Gasteiger partial charge in [0, 0.05) is 24.9 Å². The van der Waals surface area contributed by atoms with Crippen LogP contribution in [0, 0.1) is 5.92 Å². The van der Waals surface area contributed by atoms with Crippen LogP contribution >= 0.6 is 11.8 Å². The maximum atomic E-state index is 10.7. The zero-order valence-corrected chi connectivity index (χ0v) is 9.72. The van der Waals surface area contributed by atoms with E-state index in [1.54, 1.807) is 6.92 Å². The molecule has 3 nitrogen and oxygen atoms in total. The van der Waals surface area contributed by atoms with E-state index in [-0.39, 0.29) is 5.92 Å². The number of hydrogen-bond donors (Lipinski definition) is 1. The molecular formula is C10H19NO2S. The van der Waals surface area contributed by atoms with E-state index < -0.39 is 5.97 Å². The standard InChI is InChI=1S/C10H19NO2S/c1-8(10(12)13)7-11-4-6-14-5-3-9(11)2/h8-9H,3-7H2,1-2H3,(H,12,13). The molecule has 2 atom stereocenters. The molecule has 0 aromatic rings. The Morgan fingerprint density at radius 1 is 1.64 bits per heavy atom. The van der Waals surface area contributed by atoms with Crippen LogP contribution in [0.1, 0.15) is 20.3 Å². The van der Waals surface area contributed by atoms with E-state index in [9.17, 15) is 4.79 Å². The summed E-state index contributed by atoms with van der Waals surface area (Å²) in [6.45, 7) is 5.70. The smallest absolute Gasteiger partial charge is 0.307 e. The average Bonchev–Trinajstić information content (AvgIpc) is 2.32. The second-order valence-electron chi connectivity index (χ2n) is 3.98. The fourth-order valence-corrected chi connectivity index (χ4v) is 2.72. The van der Waals surface area contributed by atoms with Crippen LogP contribution in [-0.4, -0.2) is 46.6 Å². The Morgan fingerprint density at radius 3 is 3.00 bits per heavy atom. The van der Waals surface area contributed by atoms with Crippen molar-refractivity contribution in [3.8, 4) is 0 Å². The second-order valence-corrected chi connectivity index (χ2v) is 5.21. The van der Waals surface area contributed by atoms with Gasteiger partial charge in [0.25, 0.3) is 0 Å². The molecule has 0 amide bonds. The predicted octanol–water partition coefficient (Wildman–Crippen LogP) is 1.53. The summed E-state index contributed by atoms with van der Waals surface area (Å²) in [5.41, 5.74) is 0. The largest absolute Gasteiger partial charge is 0.481 e. The molecule has 1 aliphatic heterocycles. The molecule has 0 saturated carbocycles. The molecule has 1 N–H and O–H groups in total. The van der Waals surface area contributed by atoms with Crippen LogP contribution in [0.25, 0.3) is 0 Å². The third-order valence-corrected chi connectivity index (χ3v) is 3.75. The van der Waals surface area contributed by atoms with E-state index >= 15 is 0 Å². The fraction of sp³-hybridized carbons (Fsp3) is 0.900. The van der Waals surface area contributed by atoms with Gasteiger partial charge in [-0.2, -0.15) is 11.8 Å². The number of nitrogens with zero attached hydrogens (tertiary/aromatic N) is 1. The zero-order chi connectivity index (χ0) is 10.6. The van der Waals surface area contributed by atoms with Crippen LogP contribution in [-0.2, 0) is 4.79 Å². The van der Waals surface area contributed by atoms with Crippen molar-refractivity contribution >= 4 is 17.7 Å². The lowest BCUT2D eigenvalue weighted by Gasteiger charge is -2.27. The summed E-state index contributed by atoms with van der Waals surface area (Å²) in [6, 6.07) is 0.534. The number of hydrogen-bond acceptors (Lipinski definition) is 3. The summed E-state index contributed by atoms with van der Waals surface area (Å²) < 4.78 is 0. The minimum atomic E-state index is -0.686. The van der Waals surface area contributed by atoms with Crippen LogP contribution in [0.5, 0.6) is 0 Å². The molecule has 0 spiro atoms. The molecule has 1 saturated heterocycles. The minimum absolute atomic E-state index is 0.249. The van der Waals surface area contributed by atoms with Gasteiger partial charge in [0.1, 0.15) is 0 Å². The number of rotatable bonds is 3. The SMILES string of the molecule is CC(CN1CCSCCC1C)C(=O)O. The van der Waals surface area contributed by atoms with Gasteiger partial charge >= 0.3 is 5.97 Å². The molecule has 1 fully saturated rings. The highest BCUT2D eigenvalue weighted by molar-refractivity contribution is 7.99. The summed E-state index contributed by atoms with van der Waals surface area (Å²) in [6.07, 6.45) is 1.18. The van der Waals surface area contributed by atoms with Gasteiger partial charge in [-0.3, -0.25) is 9.69 Å². The summed E-state index contributed by atoms with van der Waals surface area (Å²) in [5.74, 6) is 1.41. The Kier molecular flexibility index (Phi) is 4.75. The average molecular weight is 217 g/mol. The number of aliphatic carboxylic acids is 1. The predicted molar refractivity (Wildman–Crippen MR) is 59.8 cm³/mol. The first kappa shape index (κ1) is 11.9. The molecule has 0 aliphatic carbocycles. The van der Waals surface area contributed by atoms with Gasteiger partial charge in [0.2, 0.25) is 0 Å². The van der Waals surface area contributed by atoms with E-state index in [1.165, 1.54) is 12.2 Å². The van der Waals surface area contributed by atoms with Crippen molar-refractivity contribution in [1.29, 1.82) is 0 Å². The van der Waals surface area contributed by atoms with Crippen LogP contribution in [0.2, 0.25) is 0 Å². The van der Waals surface area contributed by atoms with Crippen LogP contribution in [0.15, 0.2) is 0 Å². The van der Waals surface area contributed by atoms with Crippen molar-refractivity contribution < 1.29 is 9.90 Å². The molecule has 0 radical (unpaired) electrons. The molecule has 14 heavy (non-hydrogen) atoms. The molecule has 1 heterocycles. The van der Waals surface area contributed by atoms with E-state index in [2.05, 4.69) is 11.8 Å². The molecule has 0 bridgehead atoms. The van der Waals surface area contributed by atoms with Crippen molar-refractivity contribution in [2.75, 3.05) is 24.6 Å². The molecule has 2 unspecified atom stereocenters. The van der Waals surface area contributed by atoms with E-state index in [4.69, 9.17) is 5.11 Å². The van der Waals surface area contributed by atoms with Gasteiger partial charge in [-0.15, -0.1) is 0 Å². The molecule has 1 aliphatic rings. The topological polar surface area (TPSA) is 40.5 Å². The molecular weight excluding hydrogens is 198 g/mol. The van der Waals surface area contributed by atoms with Gasteiger partial charge in [0.15, 0.2) is 0 Å². The number of thioether (sulfide) groups is 1. The van der Waals surface area contributed by atoms with Gasteiger partial charge in [-0.25, -0.2) is 0 Å². The van der Waals surface area contributed by atoms with Crippen LogP contribution in [0.3, 0.4) is 0 Å². The quantitative estimate of drug-likeness (QED) is 0.778. The Hall–Kier alpha value is -0.220.